The van der Waals surface area contributed by atoms with Crippen LogP contribution in [0.15, 0.2) is 103 Å². The Labute approximate surface area is 231 Å². The smallest absolute Gasteiger partial charge is 0.249 e. The standard InChI is InChI=1S/C31H29N5O4/c1-39-24-17-18-25(28(19-24)40-2)30(31(38)32-20-22-11-5-3-6-12-22)36(23-13-7-4-8-14-23)29(37)21-35-27-16-10-9-15-26(27)33-34-35/h3-19,30H,20-21H2,1-2H3,(H,32,38)/t30-/m1/s1. The lowest BCUT2D eigenvalue weighted by atomic mass is 10.0. The van der Waals surface area contributed by atoms with Crippen LogP contribution in [0.3, 0.4) is 0 Å². The maximum absolute atomic E-state index is 14.2. The minimum absolute atomic E-state index is 0.129. The number of para-hydroxylation sites is 2. The van der Waals surface area contributed by atoms with E-state index in [1.165, 1.54) is 16.7 Å². The van der Waals surface area contributed by atoms with Crippen molar-refractivity contribution in [2.24, 2.45) is 0 Å². The van der Waals surface area contributed by atoms with E-state index in [9.17, 15) is 9.59 Å². The average Bonchev–Trinajstić information content (AvgIpc) is 3.41. The number of hydrogen-bond donors (Lipinski definition) is 1. The first-order valence-electron chi connectivity index (χ1n) is 12.8. The SMILES string of the molecule is COc1ccc([C@H](C(=O)NCc2ccccc2)N(C(=O)Cn2nnc3ccccc32)c2ccccc2)c(OC)c1. The van der Waals surface area contributed by atoms with Gasteiger partial charge in [0.25, 0.3) is 0 Å². The number of benzene rings is 4. The Morgan fingerprint density at radius 2 is 1.57 bits per heavy atom. The van der Waals surface area contributed by atoms with E-state index in [1.807, 2.05) is 72.8 Å². The van der Waals surface area contributed by atoms with Gasteiger partial charge >= 0.3 is 0 Å². The molecule has 1 heterocycles. The maximum atomic E-state index is 14.2. The molecule has 0 saturated carbocycles. The highest BCUT2D eigenvalue weighted by atomic mass is 16.5. The van der Waals surface area contributed by atoms with Gasteiger partial charge in [0.05, 0.1) is 19.7 Å². The monoisotopic (exact) mass is 535 g/mol. The van der Waals surface area contributed by atoms with Crippen LogP contribution in [0.4, 0.5) is 5.69 Å². The fraction of sp³-hybridized carbons (Fsp3) is 0.161. The summed E-state index contributed by atoms with van der Waals surface area (Å²) in [7, 11) is 3.08. The molecule has 4 aromatic carbocycles. The van der Waals surface area contributed by atoms with Gasteiger partial charge in [-0.1, -0.05) is 65.9 Å². The van der Waals surface area contributed by atoms with Crippen molar-refractivity contribution in [2.45, 2.75) is 19.1 Å². The summed E-state index contributed by atoms with van der Waals surface area (Å²) in [6.45, 7) is 0.162. The third-order valence-corrected chi connectivity index (χ3v) is 6.56. The zero-order valence-electron chi connectivity index (χ0n) is 22.2. The molecule has 40 heavy (non-hydrogen) atoms. The van der Waals surface area contributed by atoms with Gasteiger partial charge < -0.3 is 14.8 Å². The average molecular weight is 536 g/mol. The molecule has 0 radical (unpaired) electrons. The molecule has 1 N–H and O–H groups in total. The Morgan fingerprint density at radius 3 is 2.30 bits per heavy atom. The van der Waals surface area contributed by atoms with Gasteiger partial charge in [-0.25, -0.2) is 4.68 Å². The predicted molar refractivity (Wildman–Crippen MR) is 152 cm³/mol. The number of fused-ring (bicyclic) bond motifs is 1. The van der Waals surface area contributed by atoms with Crippen LogP contribution in [0, 0.1) is 0 Å². The van der Waals surface area contributed by atoms with E-state index in [-0.39, 0.29) is 18.4 Å². The van der Waals surface area contributed by atoms with Crippen molar-refractivity contribution >= 4 is 28.5 Å². The van der Waals surface area contributed by atoms with Gasteiger partial charge in [0.15, 0.2) is 0 Å². The second-order valence-corrected chi connectivity index (χ2v) is 9.05. The van der Waals surface area contributed by atoms with Gasteiger partial charge in [-0.15, -0.1) is 5.10 Å². The van der Waals surface area contributed by atoms with Crippen molar-refractivity contribution in [2.75, 3.05) is 19.1 Å². The van der Waals surface area contributed by atoms with Crippen LogP contribution >= 0.6 is 0 Å². The third kappa shape index (κ3) is 5.63. The van der Waals surface area contributed by atoms with Gasteiger partial charge in [-0.3, -0.25) is 14.5 Å². The lowest BCUT2D eigenvalue weighted by molar-refractivity contribution is -0.127. The summed E-state index contributed by atoms with van der Waals surface area (Å²) >= 11 is 0. The first-order chi connectivity index (χ1) is 19.6. The molecule has 5 aromatic rings. The van der Waals surface area contributed by atoms with Crippen LogP contribution in [0.1, 0.15) is 17.2 Å². The molecule has 1 atom stereocenters. The number of rotatable bonds is 10. The minimum atomic E-state index is -1.06. The second-order valence-electron chi connectivity index (χ2n) is 9.05. The molecular formula is C31H29N5O4. The van der Waals surface area contributed by atoms with E-state index >= 15 is 0 Å². The van der Waals surface area contributed by atoms with Crippen molar-refractivity contribution in [3.05, 3.63) is 114 Å². The summed E-state index contributed by atoms with van der Waals surface area (Å²) in [6.07, 6.45) is 0. The highest BCUT2D eigenvalue weighted by Crippen LogP contribution is 2.36. The number of nitrogens with one attached hydrogen (secondary N) is 1. The molecular weight excluding hydrogens is 506 g/mol. The van der Waals surface area contributed by atoms with Crippen molar-refractivity contribution in [3.8, 4) is 11.5 Å². The summed E-state index contributed by atoms with van der Waals surface area (Å²) in [5.74, 6) is 0.266. The Kier molecular flexibility index (Phi) is 8.01. The number of anilines is 1. The van der Waals surface area contributed by atoms with E-state index < -0.39 is 6.04 Å². The first-order valence-corrected chi connectivity index (χ1v) is 12.8. The quantitative estimate of drug-likeness (QED) is 0.282. The van der Waals surface area contributed by atoms with Crippen LogP contribution in [0.5, 0.6) is 11.5 Å². The zero-order valence-corrected chi connectivity index (χ0v) is 22.2. The molecule has 9 nitrogen and oxygen atoms in total. The highest BCUT2D eigenvalue weighted by Gasteiger charge is 2.35. The number of hydrogen-bond acceptors (Lipinski definition) is 6. The molecule has 9 heteroatoms. The van der Waals surface area contributed by atoms with E-state index in [0.717, 1.165) is 11.1 Å². The van der Waals surface area contributed by atoms with Crippen LogP contribution < -0.4 is 19.7 Å². The minimum Gasteiger partial charge on any atom is -0.497 e. The van der Waals surface area contributed by atoms with Crippen LogP contribution in [0.2, 0.25) is 0 Å². The maximum Gasteiger partial charge on any atom is 0.249 e. The van der Waals surface area contributed by atoms with Gasteiger partial charge in [-0.2, -0.15) is 0 Å². The van der Waals surface area contributed by atoms with Crippen molar-refractivity contribution in [1.29, 1.82) is 0 Å². The molecule has 0 saturated heterocycles. The molecule has 0 aliphatic carbocycles. The van der Waals surface area contributed by atoms with Crippen LogP contribution in [0.25, 0.3) is 11.0 Å². The summed E-state index contributed by atoms with van der Waals surface area (Å²) in [5, 5.41) is 11.4. The Balaban J connectivity index is 1.59. The molecule has 0 bridgehead atoms. The molecule has 202 valence electrons. The third-order valence-electron chi connectivity index (χ3n) is 6.56. The van der Waals surface area contributed by atoms with Crippen molar-refractivity contribution in [1.82, 2.24) is 20.3 Å². The lowest BCUT2D eigenvalue weighted by Gasteiger charge is -2.32. The van der Waals surface area contributed by atoms with Gasteiger partial charge in [-0.05, 0) is 42.0 Å². The number of aromatic nitrogens is 3. The molecule has 0 unspecified atom stereocenters. The first kappa shape index (κ1) is 26.4. The fourth-order valence-corrected chi connectivity index (χ4v) is 4.59. The zero-order chi connectivity index (χ0) is 27.9. The summed E-state index contributed by atoms with van der Waals surface area (Å²) < 4.78 is 12.6. The molecule has 2 amide bonds. The van der Waals surface area contributed by atoms with Gasteiger partial charge in [0.1, 0.15) is 29.6 Å². The van der Waals surface area contributed by atoms with Crippen molar-refractivity contribution < 1.29 is 19.1 Å². The normalized spacial score (nSPS) is 11.6. The van der Waals surface area contributed by atoms with Crippen molar-refractivity contribution in [3.63, 3.8) is 0 Å². The predicted octanol–water partition coefficient (Wildman–Crippen LogP) is 4.54. The topological polar surface area (TPSA) is 98.6 Å². The number of carbonyl (C=O) groups excluding carboxylic acids is 2. The summed E-state index contributed by atoms with van der Waals surface area (Å²) in [4.78, 5) is 29.7. The molecule has 1 aromatic heterocycles. The summed E-state index contributed by atoms with van der Waals surface area (Å²) in [5.41, 5.74) is 3.39. The number of methoxy groups -OCH3 is 2. The number of ether oxygens (including phenoxy) is 2. The number of nitrogens with zero attached hydrogens (tertiary/aromatic N) is 4. The summed E-state index contributed by atoms with van der Waals surface area (Å²) in [6, 6.07) is 30.2. The fourth-order valence-electron chi connectivity index (χ4n) is 4.59. The molecule has 0 fully saturated rings. The van der Waals surface area contributed by atoms with Crippen LogP contribution in [-0.4, -0.2) is 41.0 Å². The Bertz CT molecular complexity index is 1600. The largest absolute Gasteiger partial charge is 0.497 e. The van der Waals surface area contributed by atoms with E-state index in [0.29, 0.717) is 34.8 Å². The van der Waals surface area contributed by atoms with E-state index in [2.05, 4.69) is 15.6 Å². The Hall–Kier alpha value is -5.18. The molecule has 0 aliphatic rings. The molecule has 0 aliphatic heterocycles. The Morgan fingerprint density at radius 1 is 0.875 bits per heavy atom. The number of amides is 2. The van der Waals surface area contributed by atoms with E-state index in [4.69, 9.17) is 9.47 Å². The molecule has 5 rings (SSSR count). The van der Waals surface area contributed by atoms with Gasteiger partial charge in [0.2, 0.25) is 11.8 Å². The lowest BCUT2D eigenvalue weighted by Crippen LogP contribution is -2.45. The number of carbonyl (C=O) groups is 2. The molecule has 0 spiro atoms. The van der Waals surface area contributed by atoms with E-state index in [1.54, 1.807) is 37.4 Å². The second kappa shape index (κ2) is 12.1. The van der Waals surface area contributed by atoms with Crippen LogP contribution in [-0.2, 0) is 22.7 Å². The van der Waals surface area contributed by atoms with Gasteiger partial charge in [0, 0.05) is 23.9 Å². The highest BCUT2D eigenvalue weighted by molar-refractivity contribution is 6.02.